The molecule has 20 heavy (non-hydrogen) atoms. The maximum absolute atomic E-state index is 12.8. The first kappa shape index (κ1) is 15.0. The van der Waals surface area contributed by atoms with E-state index in [9.17, 15) is 4.79 Å². The van der Waals surface area contributed by atoms with Gasteiger partial charge in [0, 0.05) is 27.5 Å². The van der Waals surface area contributed by atoms with E-state index in [1.807, 2.05) is 29.6 Å². The Labute approximate surface area is 125 Å². The Morgan fingerprint density at radius 1 is 1.10 bits per heavy atom. The Balaban J connectivity index is 2.59. The van der Waals surface area contributed by atoms with E-state index in [0.29, 0.717) is 12.1 Å². The van der Waals surface area contributed by atoms with Crippen LogP contribution in [0.2, 0.25) is 0 Å². The van der Waals surface area contributed by atoms with Crippen molar-refractivity contribution in [3.05, 3.63) is 39.9 Å². The van der Waals surface area contributed by atoms with Crippen molar-refractivity contribution in [2.75, 3.05) is 4.90 Å². The van der Waals surface area contributed by atoms with Gasteiger partial charge in [0.1, 0.15) is 0 Å². The van der Waals surface area contributed by atoms with Crippen molar-refractivity contribution in [2.45, 2.75) is 52.6 Å². The minimum atomic E-state index is 0.167. The molecule has 0 fully saturated rings. The average molecular weight is 289 g/mol. The summed E-state index contributed by atoms with van der Waals surface area (Å²) in [6.45, 7) is 8.75. The zero-order valence-electron chi connectivity index (χ0n) is 12.7. The molecule has 0 saturated carbocycles. The van der Waals surface area contributed by atoms with Gasteiger partial charge in [-0.15, -0.1) is 11.3 Å². The van der Waals surface area contributed by atoms with Crippen LogP contribution in [0, 0.1) is 0 Å². The number of benzene rings is 1. The Hall–Kier alpha value is -1.35. The molecule has 1 heterocycles. The number of hydrogen-bond acceptors (Lipinski definition) is 3. The first-order valence-corrected chi connectivity index (χ1v) is 8.27. The molecule has 2 aromatic rings. The second kappa shape index (κ2) is 6.40. The third kappa shape index (κ3) is 2.73. The summed E-state index contributed by atoms with van der Waals surface area (Å²) >= 11 is 1.66. The largest absolute Gasteiger partial charge is 0.362 e. The molecule has 0 aliphatic rings. The summed E-state index contributed by atoms with van der Waals surface area (Å²) in [6, 6.07) is 8.64. The van der Waals surface area contributed by atoms with Gasteiger partial charge in [-0.05, 0) is 38.8 Å². The summed E-state index contributed by atoms with van der Waals surface area (Å²) in [5, 5.41) is 2.87. The molecule has 0 unspecified atom stereocenters. The van der Waals surface area contributed by atoms with Crippen LogP contribution in [0.4, 0.5) is 5.69 Å². The fourth-order valence-corrected chi connectivity index (χ4v) is 3.46. The molecule has 0 radical (unpaired) electrons. The molecule has 2 atom stereocenters. The quantitative estimate of drug-likeness (QED) is 0.797. The van der Waals surface area contributed by atoms with Crippen molar-refractivity contribution < 1.29 is 0 Å². The third-order valence-electron chi connectivity index (χ3n) is 4.07. The number of hydrogen-bond donors (Lipinski definition) is 0. The summed E-state index contributed by atoms with van der Waals surface area (Å²) in [7, 11) is 0. The van der Waals surface area contributed by atoms with E-state index >= 15 is 0 Å². The molecular weight excluding hydrogens is 266 g/mol. The van der Waals surface area contributed by atoms with Crippen LogP contribution in [-0.4, -0.2) is 12.1 Å². The molecule has 0 aliphatic heterocycles. The van der Waals surface area contributed by atoms with Crippen LogP contribution in [0.15, 0.2) is 34.4 Å². The van der Waals surface area contributed by atoms with E-state index < -0.39 is 0 Å². The molecule has 2 nitrogen and oxygen atoms in total. The van der Waals surface area contributed by atoms with Crippen molar-refractivity contribution in [3.8, 4) is 0 Å². The van der Waals surface area contributed by atoms with Crippen LogP contribution in [0.25, 0.3) is 10.1 Å². The summed E-state index contributed by atoms with van der Waals surface area (Å²) in [4.78, 5) is 15.1. The van der Waals surface area contributed by atoms with Crippen LogP contribution >= 0.6 is 11.3 Å². The average Bonchev–Trinajstić information content (AvgIpc) is 2.49. The molecule has 0 amide bonds. The van der Waals surface area contributed by atoms with Crippen molar-refractivity contribution in [1.82, 2.24) is 0 Å². The maximum Gasteiger partial charge on any atom is 0.211 e. The van der Waals surface area contributed by atoms with Gasteiger partial charge in [-0.2, -0.15) is 0 Å². The smallest absolute Gasteiger partial charge is 0.211 e. The van der Waals surface area contributed by atoms with Crippen molar-refractivity contribution in [2.24, 2.45) is 0 Å². The topological polar surface area (TPSA) is 20.3 Å². The summed E-state index contributed by atoms with van der Waals surface area (Å²) in [6.07, 6.45) is 2.09. The second-order valence-electron chi connectivity index (χ2n) is 5.37. The van der Waals surface area contributed by atoms with Gasteiger partial charge in [-0.3, -0.25) is 4.79 Å². The van der Waals surface area contributed by atoms with E-state index in [4.69, 9.17) is 0 Å². The Morgan fingerprint density at radius 3 is 2.30 bits per heavy atom. The maximum atomic E-state index is 12.8. The lowest BCUT2D eigenvalue weighted by Crippen LogP contribution is -2.42. The molecule has 0 bridgehead atoms. The molecule has 0 N–H and O–H groups in total. The molecule has 3 heteroatoms. The summed E-state index contributed by atoms with van der Waals surface area (Å²) in [5.41, 5.74) is 1.03. The van der Waals surface area contributed by atoms with Gasteiger partial charge in [0.25, 0.3) is 0 Å². The minimum absolute atomic E-state index is 0.167. The van der Waals surface area contributed by atoms with Gasteiger partial charge >= 0.3 is 0 Å². The number of fused-ring (bicyclic) bond motifs is 1. The third-order valence-corrected chi connectivity index (χ3v) is 5.02. The van der Waals surface area contributed by atoms with E-state index in [2.05, 4.69) is 32.6 Å². The molecule has 2 rings (SSSR count). The van der Waals surface area contributed by atoms with Crippen molar-refractivity contribution in [1.29, 1.82) is 0 Å². The first-order valence-electron chi connectivity index (χ1n) is 7.39. The van der Waals surface area contributed by atoms with Gasteiger partial charge in [-0.25, -0.2) is 0 Å². The van der Waals surface area contributed by atoms with Crippen molar-refractivity contribution >= 4 is 27.1 Å². The number of nitrogens with zero attached hydrogens (tertiary/aromatic N) is 1. The molecule has 1 aromatic heterocycles. The van der Waals surface area contributed by atoms with Gasteiger partial charge in [0.15, 0.2) is 0 Å². The van der Waals surface area contributed by atoms with Gasteiger partial charge in [0.2, 0.25) is 5.43 Å². The number of anilines is 1. The summed E-state index contributed by atoms with van der Waals surface area (Å²) < 4.78 is 1.06. The zero-order chi connectivity index (χ0) is 14.7. The molecule has 1 aromatic carbocycles. The van der Waals surface area contributed by atoms with E-state index in [1.165, 1.54) is 0 Å². The number of rotatable bonds is 5. The fraction of sp³-hybridized carbons (Fsp3) is 0.471. The van der Waals surface area contributed by atoms with Crippen LogP contribution in [0.3, 0.4) is 0 Å². The highest BCUT2D eigenvalue weighted by Crippen LogP contribution is 2.25. The van der Waals surface area contributed by atoms with E-state index in [0.717, 1.165) is 28.6 Å². The highest BCUT2D eigenvalue weighted by molar-refractivity contribution is 7.16. The summed E-state index contributed by atoms with van der Waals surface area (Å²) in [5.74, 6) is 0. The fourth-order valence-electron chi connectivity index (χ4n) is 2.55. The van der Waals surface area contributed by atoms with Crippen LogP contribution < -0.4 is 10.3 Å². The highest BCUT2D eigenvalue weighted by atomic mass is 32.1. The van der Waals surface area contributed by atoms with Gasteiger partial charge in [-0.1, -0.05) is 26.0 Å². The van der Waals surface area contributed by atoms with E-state index in [1.54, 1.807) is 11.3 Å². The monoisotopic (exact) mass is 289 g/mol. The molecule has 0 saturated heterocycles. The van der Waals surface area contributed by atoms with Crippen molar-refractivity contribution in [3.63, 3.8) is 0 Å². The van der Waals surface area contributed by atoms with E-state index in [-0.39, 0.29) is 5.43 Å². The molecular formula is C17H23NOS. The highest BCUT2D eigenvalue weighted by Gasteiger charge is 2.21. The predicted octanol–water partition coefficient (Wildman–Crippen LogP) is 4.66. The van der Waals surface area contributed by atoms with Crippen LogP contribution in [-0.2, 0) is 0 Å². The van der Waals surface area contributed by atoms with Gasteiger partial charge < -0.3 is 4.90 Å². The zero-order valence-corrected chi connectivity index (χ0v) is 13.5. The standard InChI is InChI=1S/C17H23NOS/c1-5-12(3)18(13(4)6-2)15-11-20-16-10-8-7-9-14(16)17(15)19/h7-13H,5-6H2,1-4H3/t12-,13-/m1/s1. The molecule has 0 spiro atoms. The Morgan fingerprint density at radius 2 is 1.70 bits per heavy atom. The SMILES string of the molecule is CC[C@@H](C)N(c1csc2ccccc2c1=O)[C@H](C)CC. The van der Waals surface area contributed by atoms with Crippen LogP contribution in [0.5, 0.6) is 0 Å². The van der Waals surface area contributed by atoms with Gasteiger partial charge in [0.05, 0.1) is 5.69 Å². The first-order chi connectivity index (χ1) is 9.60. The lowest BCUT2D eigenvalue weighted by molar-refractivity contribution is 0.527. The lowest BCUT2D eigenvalue weighted by Gasteiger charge is -2.35. The predicted molar refractivity (Wildman–Crippen MR) is 90.1 cm³/mol. The lowest BCUT2D eigenvalue weighted by atomic mass is 10.1. The minimum Gasteiger partial charge on any atom is -0.362 e. The van der Waals surface area contributed by atoms with Crippen LogP contribution in [0.1, 0.15) is 40.5 Å². The Kier molecular flexibility index (Phi) is 4.81. The molecule has 0 aliphatic carbocycles. The second-order valence-corrected chi connectivity index (χ2v) is 6.28. The Bertz CT molecular complexity index is 624. The normalized spacial score (nSPS) is 14.2. The molecule has 108 valence electrons.